The molecule has 0 bridgehead atoms. The quantitative estimate of drug-likeness (QED) is 0.201. The standard InChI is InChI=1S/C41H74O4/c1-29-16-19-34(36(42)44-27-32-17-14-30(2)25-40(32,10)22-12-20-38(4,5)6)35(24-29)37(43)45-28-33-18-15-31(3)26-41(33,11)23-13-21-39(7,8)9/h29-35H,12-28H2,1-11H3. The monoisotopic (exact) mass is 631 g/mol. The lowest BCUT2D eigenvalue weighted by Gasteiger charge is -2.45. The predicted octanol–water partition coefficient (Wildman–Crippen LogP) is 11.4. The topological polar surface area (TPSA) is 52.6 Å². The Labute approximate surface area is 279 Å². The second-order valence-corrected chi connectivity index (χ2v) is 19.7. The van der Waals surface area contributed by atoms with Crippen LogP contribution in [-0.4, -0.2) is 25.2 Å². The van der Waals surface area contributed by atoms with Gasteiger partial charge in [0.15, 0.2) is 0 Å². The minimum atomic E-state index is -0.375. The molecular weight excluding hydrogens is 556 g/mol. The Bertz CT molecular complexity index is 942. The molecule has 0 heterocycles. The van der Waals surface area contributed by atoms with Gasteiger partial charge in [0.05, 0.1) is 25.0 Å². The maximum Gasteiger partial charge on any atom is 0.309 e. The van der Waals surface area contributed by atoms with E-state index in [-0.39, 0.29) is 34.6 Å². The van der Waals surface area contributed by atoms with Crippen LogP contribution >= 0.6 is 0 Å². The zero-order valence-corrected chi connectivity index (χ0v) is 31.7. The van der Waals surface area contributed by atoms with E-state index in [0.717, 1.165) is 43.9 Å². The van der Waals surface area contributed by atoms with Crippen molar-refractivity contribution in [2.75, 3.05) is 13.2 Å². The molecule has 0 N–H and O–H groups in total. The minimum Gasteiger partial charge on any atom is -0.465 e. The Morgan fingerprint density at radius 2 is 1.00 bits per heavy atom. The summed E-state index contributed by atoms with van der Waals surface area (Å²) in [6.45, 7) is 26.8. The van der Waals surface area contributed by atoms with E-state index in [4.69, 9.17) is 9.47 Å². The van der Waals surface area contributed by atoms with E-state index in [1.54, 1.807) is 0 Å². The lowest BCUT2D eigenvalue weighted by molar-refractivity contribution is -0.167. The Hall–Kier alpha value is -1.06. The number of carbonyl (C=O) groups is 2. The van der Waals surface area contributed by atoms with Crippen LogP contribution in [0.1, 0.15) is 172 Å². The van der Waals surface area contributed by atoms with Gasteiger partial charge in [0.2, 0.25) is 0 Å². The minimum absolute atomic E-state index is 0.155. The molecule has 0 aliphatic heterocycles. The van der Waals surface area contributed by atoms with Gasteiger partial charge in [-0.1, -0.05) is 102 Å². The van der Waals surface area contributed by atoms with Crippen molar-refractivity contribution < 1.29 is 19.1 Å². The van der Waals surface area contributed by atoms with E-state index in [9.17, 15) is 9.59 Å². The van der Waals surface area contributed by atoms with E-state index in [2.05, 4.69) is 76.2 Å². The Morgan fingerprint density at radius 1 is 0.600 bits per heavy atom. The fourth-order valence-electron chi connectivity index (χ4n) is 9.53. The smallest absolute Gasteiger partial charge is 0.309 e. The molecule has 0 spiro atoms. The third kappa shape index (κ3) is 11.8. The Morgan fingerprint density at radius 3 is 1.42 bits per heavy atom. The van der Waals surface area contributed by atoms with Gasteiger partial charge < -0.3 is 9.47 Å². The van der Waals surface area contributed by atoms with Gasteiger partial charge in [-0.2, -0.15) is 0 Å². The highest BCUT2D eigenvalue weighted by molar-refractivity contribution is 5.82. The van der Waals surface area contributed by atoms with E-state index >= 15 is 0 Å². The largest absolute Gasteiger partial charge is 0.465 e. The van der Waals surface area contributed by atoms with Gasteiger partial charge in [-0.3, -0.25) is 9.59 Å². The van der Waals surface area contributed by atoms with Crippen LogP contribution in [0.2, 0.25) is 0 Å². The summed E-state index contributed by atoms with van der Waals surface area (Å²) in [5, 5.41) is 0. The number of ether oxygens (including phenoxy) is 2. The number of rotatable bonds is 12. The van der Waals surface area contributed by atoms with Crippen LogP contribution in [0.25, 0.3) is 0 Å². The van der Waals surface area contributed by atoms with E-state index in [0.29, 0.717) is 41.8 Å². The summed E-state index contributed by atoms with van der Waals surface area (Å²) in [7, 11) is 0. The SMILES string of the molecule is CC1CCC(C(=O)OCC2CCC(C)CC2(C)CCCC(C)(C)C)C(C(=O)OCC2CCC(C)CC2(C)CCCC(C)(C)C)C1. The lowest BCUT2D eigenvalue weighted by atomic mass is 9.62. The first-order valence-corrected chi connectivity index (χ1v) is 19.1. The average Bonchev–Trinajstić information content (AvgIpc) is 2.90. The molecule has 3 rings (SSSR count). The average molecular weight is 631 g/mol. The van der Waals surface area contributed by atoms with Crippen molar-refractivity contribution in [1.82, 2.24) is 0 Å². The fourth-order valence-corrected chi connectivity index (χ4v) is 9.53. The third-order valence-electron chi connectivity index (χ3n) is 12.5. The zero-order valence-electron chi connectivity index (χ0n) is 31.7. The van der Waals surface area contributed by atoms with Crippen LogP contribution in [0.4, 0.5) is 0 Å². The molecule has 0 saturated heterocycles. The van der Waals surface area contributed by atoms with Crippen molar-refractivity contribution in [3.05, 3.63) is 0 Å². The molecule has 45 heavy (non-hydrogen) atoms. The van der Waals surface area contributed by atoms with Gasteiger partial charge >= 0.3 is 11.9 Å². The molecule has 3 fully saturated rings. The van der Waals surface area contributed by atoms with Crippen LogP contribution < -0.4 is 0 Å². The van der Waals surface area contributed by atoms with E-state index in [1.807, 2.05) is 0 Å². The third-order valence-corrected chi connectivity index (χ3v) is 12.5. The molecule has 3 aliphatic rings. The first kappa shape index (κ1) is 38.4. The number of hydrogen-bond donors (Lipinski definition) is 0. The van der Waals surface area contributed by atoms with Crippen LogP contribution in [-0.2, 0) is 19.1 Å². The molecule has 3 saturated carbocycles. The summed E-state index contributed by atoms with van der Waals surface area (Å²) in [4.78, 5) is 27.4. The molecule has 9 atom stereocenters. The van der Waals surface area contributed by atoms with Crippen molar-refractivity contribution in [1.29, 1.82) is 0 Å². The van der Waals surface area contributed by atoms with Gasteiger partial charge in [-0.15, -0.1) is 0 Å². The molecule has 0 radical (unpaired) electrons. The molecule has 3 aliphatic carbocycles. The van der Waals surface area contributed by atoms with E-state index < -0.39 is 0 Å². The van der Waals surface area contributed by atoms with Crippen molar-refractivity contribution in [2.45, 2.75) is 172 Å². The molecule has 9 unspecified atom stereocenters. The predicted molar refractivity (Wildman–Crippen MR) is 188 cm³/mol. The van der Waals surface area contributed by atoms with Crippen molar-refractivity contribution in [3.8, 4) is 0 Å². The normalized spacial score (nSPS) is 36.4. The van der Waals surface area contributed by atoms with E-state index in [1.165, 1.54) is 64.2 Å². The van der Waals surface area contributed by atoms with Crippen LogP contribution in [0.5, 0.6) is 0 Å². The highest BCUT2D eigenvalue weighted by atomic mass is 16.5. The molecule has 0 aromatic rings. The number of esters is 2. The maximum absolute atomic E-state index is 13.7. The first-order chi connectivity index (χ1) is 20.8. The lowest BCUT2D eigenvalue weighted by Crippen LogP contribution is -2.41. The second kappa shape index (κ2) is 15.9. The summed E-state index contributed by atoms with van der Waals surface area (Å²) in [5.74, 6) is 1.62. The van der Waals surface area contributed by atoms with Crippen molar-refractivity contribution in [3.63, 3.8) is 0 Å². The number of carbonyl (C=O) groups excluding carboxylic acids is 2. The Kier molecular flexibility index (Phi) is 13.6. The zero-order chi connectivity index (χ0) is 33.6. The Balaban J connectivity index is 1.60. The van der Waals surface area contributed by atoms with Crippen molar-refractivity contribution >= 4 is 11.9 Å². The van der Waals surface area contributed by atoms with Gasteiger partial charge in [0, 0.05) is 0 Å². The van der Waals surface area contributed by atoms with Gasteiger partial charge in [-0.25, -0.2) is 0 Å². The van der Waals surface area contributed by atoms with Gasteiger partial charge in [0.1, 0.15) is 0 Å². The molecule has 4 heteroatoms. The fraction of sp³-hybridized carbons (Fsp3) is 0.951. The summed E-state index contributed by atoms with van der Waals surface area (Å²) in [6, 6.07) is 0. The summed E-state index contributed by atoms with van der Waals surface area (Å²) in [5.41, 5.74) is 1.11. The summed E-state index contributed by atoms with van der Waals surface area (Å²) < 4.78 is 12.4. The molecule has 0 aromatic heterocycles. The molecule has 0 amide bonds. The van der Waals surface area contributed by atoms with Gasteiger partial charge in [0.25, 0.3) is 0 Å². The van der Waals surface area contributed by atoms with Crippen LogP contribution in [0.3, 0.4) is 0 Å². The van der Waals surface area contributed by atoms with Crippen LogP contribution in [0, 0.1) is 63.1 Å². The summed E-state index contributed by atoms with van der Waals surface area (Å²) in [6.07, 6.45) is 16.8. The highest BCUT2D eigenvalue weighted by Gasteiger charge is 2.44. The molecular formula is C41H74O4. The second-order valence-electron chi connectivity index (χ2n) is 19.7. The highest BCUT2D eigenvalue weighted by Crippen LogP contribution is 2.49. The molecule has 4 nitrogen and oxygen atoms in total. The first-order valence-electron chi connectivity index (χ1n) is 19.1. The maximum atomic E-state index is 13.7. The summed E-state index contributed by atoms with van der Waals surface area (Å²) >= 11 is 0. The number of hydrogen-bond acceptors (Lipinski definition) is 4. The van der Waals surface area contributed by atoms with Crippen molar-refractivity contribution in [2.24, 2.45) is 63.1 Å². The van der Waals surface area contributed by atoms with Gasteiger partial charge in [-0.05, 0) is 122 Å². The molecule has 262 valence electrons. The molecule has 0 aromatic carbocycles. The van der Waals surface area contributed by atoms with Crippen LogP contribution in [0.15, 0.2) is 0 Å².